The minimum Gasteiger partial charge on any atom is -0.456 e. The van der Waals surface area contributed by atoms with E-state index in [4.69, 9.17) is 4.42 Å². The van der Waals surface area contributed by atoms with Crippen molar-refractivity contribution in [3.05, 3.63) is 67.1 Å². The first-order chi connectivity index (χ1) is 11.4. The first-order valence-corrected chi connectivity index (χ1v) is 7.37. The molecule has 0 saturated heterocycles. The van der Waals surface area contributed by atoms with Gasteiger partial charge in [-0.15, -0.1) is 0 Å². The number of hydrogen-bond acceptors (Lipinski definition) is 4. The van der Waals surface area contributed by atoms with Crippen LogP contribution < -0.4 is 0 Å². The van der Waals surface area contributed by atoms with E-state index in [1.165, 1.54) is 0 Å². The maximum atomic E-state index is 5.94. The SMILES string of the molecule is c1ccc2c(-c3cc4oc5ccccc5c4cn3)ncnc2c1. The van der Waals surface area contributed by atoms with Crippen LogP contribution in [0.2, 0.25) is 0 Å². The highest BCUT2D eigenvalue weighted by molar-refractivity contribution is 6.05. The van der Waals surface area contributed by atoms with Gasteiger partial charge in [0.05, 0.1) is 16.9 Å². The van der Waals surface area contributed by atoms with Crippen molar-refractivity contribution in [1.82, 2.24) is 15.0 Å². The second kappa shape index (κ2) is 4.61. The first-order valence-electron chi connectivity index (χ1n) is 7.37. The Labute approximate surface area is 131 Å². The molecule has 3 heterocycles. The first kappa shape index (κ1) is 12.3. The molecule has 23 heavy (non-hydrogen) atoms. The highest BCUT2D eigenvalue weighted by atomic mass is 16.3. The summed E-state index contributed by atoms with van der Waals surface area (Å²) in [6, 6.07) is 17.9. The zero-order chi connectivity index (χ0) is 15.2. The molecule has 4 nitrogen and oxygen atoms in total. The van der Waals surface area contributed by atoms with Crippen molar-refractivity contribution in [1.29, 1.82) is 0 Å². The molecule has 0 fully saturated rings. The summed E-state index contributed by atoms with van der Waals surface area (Å²) in [5.74, 6) is 0. The lowest BCUT2D eigenvalue weighted by Gasteiger charge is -2.04. The zero-order valence-corrected chi connectivity index (χ0v) is 12.1. The van der Waals surface area contributed by atoms with Crippen molar-refractivity contribution in [3.63, 3.8) is 0 Å². The molecule has 5 rings (SSSR count). The largest absolute Gasteiger partial charge is 0.456 e. The molecule has 0 bridgehead atoms. The van der Waals surface area contributed by atoms with Crippen LogP contribution in [0.25, 0.3) is 44.2 Å². The Morgan fingerprint density at radius 3 is 2.48 bits per heavy atom. The fraction of sp³-hybridized carbons (Fsp3) is 0. The van der Waals surface area contributed by atoms with E-state index in [-0.39, 0.29) is 0 Å². The van der Waals surface area contributed by atoms with Crippen LogP contribution in [0.1, 0.15) is 0 Å². The molecule has 5 aromatic rings. The third kappa shape index (κ3) is 1.82. The second-order valence-corrected chi connectivity index (χ2v) is 5.40. The van der Waals surface area contributed by atoms with Crippen molar-refractivity contribution in [2.24, 2.45) is 0 Å². The van der Waals surface area contributed by atoms with Crippen molar-refractivity contribution in [3.8, 4) is 11.4 Å². The third-order valence-corrected chi connectivity index (χ3v) is 4.05. The third-order valence-electron chi connectivity index (χ3n) is 4.05. The van der Waals surface area contributed by atoms with E-state index in [2.05, 4.69) is 15.0 Å². The van der Waals surface area contributed by atoms with E-state index < -0.39 is 0 Å². The molecule has 2 aromatic carbocycles. The fourth-order valence-corrected chi connectivity index (χ4v) is 2.96. The molecule has 0 radical (unpaired) electrons. The van der Waals surface area contributed by atoms with Crippen LogP contribution in [-0.2, 0) is 0 Å². The van der Waals surface area contributed by atoms with Gasteiger partial charge in [0.15, 0.2) is 0 Å². The van der Waals surface area contributed by atoms with Crippen molar-refractivity contribution in [2.75, 3.05) is 0 Å². The van der Waals surface area contributed by atoms with Crippen LogP contribution in [0.15, 0.2) is 71.5 Å². The Bertz CT molecular complexity index is 1170. The molecule has 0 amide bonds. The molecule has 0 aliphatic carbocycles. The lowest BCUT2D eigenvalue weighted by molar-refractivity contribution is 0.668. The van der Waals surface area contributed by atoms with Gasteiger partial charge in [0, 0.05) is 28.4 Å². The number of aromatic nitrogens is 3. The van der Waals surface area contributed by atoms with E-state index in [1.807, 2.05) is 60.8 Å². The number of furan rings is 1. The molecule has 4 heteroatoms. The molecule has 0 atom stereocenters. The van der Waals surface area contributed by atoms with Gasteiger partial charge in [0.2, 0.25) is 0 Å². The second-order valence-electron chi connectivity index (χ2n) is 5.40. The number of rotatable bonds is 1. The molecular weight excluding hydrogens is 286 g/mol. The molecule has 0 saturated carbocycles. The maximum Gasteiger partial charge on any atom is 0.139 e. The van der Waals surface area contributed by atoms with E-state index in [9.17, 15) is 0 Å². The van der Waals surface area contributed by atoms with Gasteiger partial charge in [-0.3, -0.25) is 4.98 Å². The minimum atomic E-state index is 0.787. The Kier molecular flexibility index (Phi) is 2.46. The van der Waals surface area contributed by atoms with E-state index >= 15 is 0 Å². The van der Waals surface area contributed by atoms with Gasteiger partial charge in [-0.05, 0) is 12.1 Å². The standard InChI is InChI=1S/C19H11N3O/c1-3-7-15-13(6-1)19(22-11-21-15)16-9-18-14(10-20-16)12-5-2-4-8-17(12)23-18/h1-11H. The Morgan fingerprint density at radius 1 is 0.696 bits per heavy atom. The van der Waals surface area contributed by atoms with E-state index in [1.54, 1.807) is 6.33 Å². The van der Waals surface area contributed by atoms with Gasteiger partial charge in [-0.25, -0.2) is 9.97 Å². The van der Waals surface area contributed by atoms with Crippen LogP contribution >= 0.6 is 0 Å². The Morgan fingerprint density at radius 2 is 1.52 bits per heavy atom. The lowest BCUT2D eigenvalue weighted by Crippen LogP contribution is -1.90. The predicted molar refractivity (Wildman–Crippen MR) is 90.0 cm³/mol. The topological polar surface area (TPSA) is 51.8 Å². The number of hydrogen-bond donors (Lipinski definition) is 0. The summed E-state index contributed by atoms with van der Waals surface area (Å²) in [4.78, 5) is 13.3. The van der Waals surface area contributed by atoms with Gasteiger partial charge in [0.1, 0.15) is 17.5 Å². The fourth-order valence-electron chi connectivity index (χ4n) is 2.96. The quantitative estimate of drug-likeness (QED) is 0.454. The summed E-state index contributed by atoms with van der Waals surface area (Å²) in [6.45, 7) is 0. The van der Waals surface area contributed by atoms with Gasteiger partial charge in [-0.2, -0.15) is 0 Å². The average molecular weight is 297 g/mol. The zero-order valence-electron chi connectivity index (χ0n) is 12.1. The molecular formula is C19H11N3O. The van der Waals surface area contributed by atoms with Gasteiger partial charge >= 0.3 is 0 Å². The minimum absolute atomic E-state index is 0.787. The molecule has 0 unspecified atom stereocenters. The highest BCUT2D eigenvalue weighted by Crippen LogP contribution is 2.31. The summed E-state index contributed by atoms with van der Waals surface area (Å²) in [5, 5.41) is 3.08. The van der Waals surface area contributed by atoms with Crippen molar-refractivity contribution < 1.29 is 4.42 Å². The smallest absolute Gasteiger partial charge is 0.139 e. The molecule has 0 aliphatic rings. The van der Waals surface area contributed by atoms with E-state index in [0.29, 0.717) is 0 Å². The van der Waals surface area contributed by atoms with E-state index in [0.717, 1.165) is 44.2 Å². The molecule has 108 valence electrons. The number of para-hydroxylation sites is 2. The normalized spacial score (nSPS) is 11.5. The molecule has 3 aromatic heterocycles. The van der Waals surface area contributed by atoms with Crippen LogP contribution in [0.5, 0.6) is 0 Å². The summed E-state index contributed by atoms with van der Waals surface area (Å²) < 4.78 is 5.94. The monoisotopic (exact) mass is 297 g/mol. The van der Waals surface area contributed by atoms with Crippen LogP contribution in [0.4, 0.5) is 0 Å². The predicted octanol–water partition coefficient (Wildman–Crippen LogP) is 4.59. The van der Waals surface area contributed by atoms with Gasteiger partial charge in [-0.1, -0.05) is 36.4 Å². The van der Waals surface area contributed by atoms with Gasteiger partial charge in [0.25, 0.3) is 0 Å². The number of fused-ring (bicyclic) bond motifs is 4. The maximum absolute atomic E-state index is 5.94. The Balaban J connectivity index is 1.81. The summed E-state index contributed by atoms with van der Waals surface area (Å²) >= 11 is 0. The van der Waals surface area contributed by atoms with Crippen molar-refractivity contribution >= 4 is 32.8 Å². The van der Waals surface area contributed by atoms with Crippen LogP contribution in [0, 0.1) is 0 Å². The van der Waals surface area contributed by atoms with Crippen molar-refractivity contribution in [2.45, 2.75) is 0 Å². The Hall–Kier alpha value is -3.27. The number of pyridine rings is 1. The molecule has 0 aliphatic heterocycles. The number of nitrogens with zero attached hydrogens (tertiary/aromatic N) is 3. The molecule has 0 spiro atoms. The van der Waals surface area contributed by atoms with Crippen LogP contribution in [0.3, 0.4) is 0 Å². The average Bonchev–Trinajstić information content (AvgIpc) is 2.99. The summed E-state index contributed by atoms with van der Waals surface area (Å²) in [5.41, 5.74) is 4.20. The van der Waals surface area contributed by atoms with Gasteiger partial charge < -0.3 is 4.42 Å². The lowest BCUT2D eigenvalue weighted by atomic mass is 10.1. The van der Waals surface area contributed by atoms with Crippen LogP contribution in [-0.4, -0.2) is 15.0 Å². The highest BCUT2D eigenvalue weighted by Gasteiger charge is 2.11. The molecule has 0 N–H and O–H groups in total. The summed E-state index contributed by atoms with van der Waals surface area (Å²) in [6.07, 6.45) is 3.43. The summed E-state index contributed by atoms with van der Waals surface area (Å²) in [7, 11) is 0. The number of benzene rings is 2.